The van der Waals surface area contributed by atoms with Crippen LogP contribution >= 0.6 is 11.8 Å². The lowest BCUT2D eigenvalue weighted by Gasteiger charge is -2.33. The van der Waals surface area contributed by atoms with Crippen molar-refractivity contribution in [3.8, 4) is 0 Å². The van der Waals surface area contributed by atoms with Crippen molar-refractivity contribution in [1.82, 2.24) is 14.2 Å². The molecule has 1 saturated heterocycles. The highest BCUT2D eigenvalue weighted by Gasteiger charge is 2.29. The fraction of sp³-hybridized carbons (Fsp3) is 0.280. The van der Waals surface area contributed by atoms with Gasteiger partial charge in [0, 0.05) is 43.8 Å². The zero-order valence-corrected chi connectivity index (χ0v) is 20.7. The molecule has 1 aliphatic rings. The molecule has 0 spiro atoms. The highest BCUT2D eigenvalue weighted by atomic mass is 32.2. The Bertz CT molecular complexity index is 1210. The molecule has 1 aromatic heterocycles. The molecule has 0 atom stereocenters. The number of carbonyl (C=O) groups is 1. The SMILES string of the molecule is Cc1ccc(S(=O)(=O)N2CCN(CC(=O)Nc3cccc(CSc4ccccn4)c3)CC2)cc1. The molecule has 0 saturated carbocycles. The Morgan fingerprint density at radius 2 is 1.76 bits per heavy atom. The number of hydrogen-bond acceptors (Lipinski definition) is 6. The normalized spacial score (nSPS) is 15.2. The molecule has 0 radical (unpaired) electrons. The van der Waals surface area contributed by atoms with Gasteiger partial charge in [-0.1, -0.05) is 35.9 Å². The van der Waals surface area contributed by atoms with E-state index in [1.807, 2.05) is 54.3 Å². The van der Waals surface area contributed by atoms with E-state index in [1.54, 1.807) is 42.2 Å². The summed E-state index contributed by atoms with van der Waals surface area (Å²) in [7, 11) is -3.51. The number of rotatable bonds is 8. The number of sulfonamides is 1. The molecule has 0 unspecified atom stereocenters. The molecule has 178 valence electrons. The second kappa shape index (κ2) is 11.1. The standard InChI is InChI=1S/C25H28N4O3S2/c1-20-8-10-23(11-9-20)34(31,32)29-15-13-28(14-16-29)18-24(30)27-22-6-4-5-21(17-22)19-33-25-7-2-3-12-26-25/h2-12,17H,13-16,18-19H2,1H3,(H,27,30). The maximum atomic E-state index is 12.9. The number of hydrogen-bond donors (Lipinski definition) is 1. The Hall–Kier alpha value is -2.72. The van der Waals surface area contributed by atoms with E-state index in [-0.39, 0.29) is 12.5 Å². The number of thioether (sulfide) groups is 1. The lowest BCUT2D eigenvalue weighted by molar-refractivity contribution is -0.117. The van der Waals surface area contributed by atoms with Gasteiger partial charge in [0.2, 0.25) is 15.9 Å². The predicted octanol–water partition coefficient (Wildman–Crippen LogP) is 3.63. The van der Waals surface area contributed by atoms with E-state index in [2.05, 4.69) is 10.3 Å². The van der Waals surface area contributed by atoms with Gasteiger partial charge >= 0.3 is 0 Å². The van der Waals surface area contributed by atoms with Gasteiger partial charge in [0.25, 0.3) is 0 Å². The summed E-state index contributed by atoms with van der Waals surface area (Å²) in [5.74, 6) is 0.655. The van der Waals surface area contributed by atoms with E-state index in [0.717, 1.165) is 27.6 Å². The quantitative estimate of drug-likeness (QED) is 0.480. The molecule has 9 heteroatoms. The van der Waals surface area contributed by atoms with Gasteiger partial charge in [-0.05, 0) is 48.9 Å². The summed E-state index contributed by atoms with van der Waals surface area (Å²) in [5.41, 5.74) is 2.88. The van der Waals surface area contributed by atoms with Crippen molar-refractivity contribution < 1.29 is 13.2 Å². The minimum atomic E-state index is -3.51. The molecule has 2 heterocycles. The van der Waals surface area contributed by atoms with Crippen LogP contribution in [0.15, 0.2) is 82.8 Å². The van der Waals surface area contributed by atoms with E-state index >= 15 is 0 Å². The highest BCUT2D eigenvalue weighted by Crippen LogP contribution is 2.22. The smallest absolute Gasteiger partial charge is 0.243 e. The van der Waals surface area contributed by atoms with Gasteiger partial charge in [0.15, 0.2) is 0 Å². The number of pyridine rings is 1. The largest absolute Gasteiger partial charge is 0.325 e. The number of carbonyl (C=O) groups excluding carboxylic acids is 1. The number of nitrogens with zero attached hydrogens (tertiary/aromatic N) is 3. The lowest BCUT2D eigenvalue weighted by atomic mass is 10.2. The Morgan fingerprint density at radius 1 is 1.00 bits per heavy atom. The van der Waals surface area contributed by atoms with E-state index in [0.29, 0.717) is 31.1 Å². The van der Waals surface area contributed by atoms with Crippen LogP contribution in [0, 0.1) is 6.92 Å². The van der Waals surface area contributed by atoms with Gasteiger partial charge in [0.1, 0.15) is 0 Å². The number of aryl methyl sites for hydroxylation is 1. The summed E-state index contributed by atoms with van der Waals surface area (Å²) in [6.07, 6.45) is 1.77. The van der Waals surface area contributed by atoms with Crippen LogP contribution < -0.4 is 5.32 Å². The minimum absolute atomic E-state index is 0.107. The summed E-state index contributed by atoms with van der Waals surface area (Å²) in [5, 5.41) is 3.92. The number of nitrogens with one attached hydrogen (secondary N) is 1. The summed E-state index contributed by atoms with van der Waals surface area (Å²) in [6.45, 7) is 3.91. The van der Waals surface area contributed by atoms with Crippen LogP contribution in [0.1, 0.15) is 11.1 Å². The molecular formula is C25H28N4O3S2. The Labute approximate surface area is 205 Å². The molecule has 1 fully saturated rings. The zero-order valence-electron chi connectivity index (χ0n) is 19.1. The van der Waals surface area contributed by atoms with Crippen LogP contribution in [-0.2, 0) is 20.6 Å². The third-order valence-corrected chi connectivity index (χ3v) is 8.52. The topological polar surface area (TPSA) is 82.6 Å². The molecule has 1 N–H and O–H groups in total. The highest BCUT2D eigenvalue weighted by molar-refractivity contribution is 7.98. The van der Waals surface area contributed by atoms with Crippen LogP contribution in [0.3, 0.4) is 0 Å². The number of aromatic nitrogens is 1. The third-order valence-electron chi connectivity index (χ3n) is 5.59. The first-order valence-electron chi connectivity index (χ1n) is 11.1. The van der Waals surface area contributed by atoms with E-state index in [4.69, 9.17) is 0 Å². The van der Waals surface area contributed by atoms with Crippen molar-refractivity contribution >= 4 is 33.4 Å². The van der Waals surface area contributed by atoms with Gasteiger partial charge in [-0.25, -0.2) is 13.4 Å². The van der Waals surface area contributed by atoms with E-state index < -0.39 is 10.0 Å². The van der Waals surface area contributed by atoms with Crippen molar-refractivity contribution in [3.63, 3.8) is 0 Å². The predicted molar refractivity (Wildman–Crippen MR) is 135 cm³/mol. The number of amides is 1. The Kier molecular flexibility index (Phi) is 7.99. The van der Waals surface area contributed by atoms with Gasteiger partial charge in [-0.3, -0.25) is 9.69 Å². The van der Waals surface area contributed by atoms with Crippen LogP contribution in [0.2, 0.25) is 0 Å². The average Bonchev–Trinajstić information content (AvgIpc) is 2.84. The first-order valence-corrected chi connectivity index (χ1v) is 13.5. The molecule has 1 aliphatic heterocycles. The molecule has 1 amide bonds. The van der Waals surface area contributed by atoms with E-state index in [9.17, 15) is 13.2 Å². The second-order valence-corrected chi connectivity index (χ2v) is 11.1. The third kappa shape index (κ3) is 6.44. The van der Waals surface area contributed by atoms with Crippen molar-refractivity contribution in [2.45, 2.75) is 22.6 Å². The Balaban J connectivity index is 1.26. The zero-order chi connectivity index (χ0) is 24.0. The summed E-state index contributed by atoms with van der Waals surface area (Å²) in [4.78, 5) is 19.2. The summed E-state index contributed by atoms with van der Waals surface area (Å²) < 4.78 is 27.2. The number of piperazine rings is 1. The van der Waals surface area contributed by atoms with Crippen LogP contribution in [0.4, 0.5) is 5.69 Å². The van der Waals surface area contributed by atoms with E-state index in [1.165, 1.54) is 4.31 Å². The summed E-state index contributed by atoms with van der Waals surface area (Å²) in [6, 6.07) is 20.5. The van der Waals surface area contributed by atoms with Crippen molar-refractivity contribution in [3.05, 3.63) is 84.1 Å². The number of benzene rings is 2. The molecule has 2 aromatic carbocycles. The lowest BCUT2D eigenvalue weighted by Crippen LogP contribution is -2.50. The molecule has 0 bridgehead atoms. The summed E-state index contributed by atoms with van der Waals surface area (Å²) >= 11 is 1.64. The monoisotopic (exact) mass is 496 g/mol. The first-order chi connectivity index (χ1) is 16.4. The van der Waals surface area contributed by atoms with Gasteiger partial charge in [-0.2, -0.15) is 4.31 Å². The fourth-order valence-corrected chi connectivity index (χ4v) is 5.95. The molecular weight excluding hydrogens is 468 g/mol. The maximum Gasteiger partial charge on any atom is 0.243 e. The van der Waals surface area contributed by atoms with Crippen molar-refractivity contribution in [2.24, 2.45) is 0 Å². The minimum Gasteiger partial charge on any atom is -0.325 e. The van der Waals surface area contributed by atoms with Crippen LogP contribution in [-0.4, -0.2) is 61.2 Å². The maximum absolute atomic E-state index is 12.9. The van der Waals surface area contributed by atoms with Gasteiger partial charge in [-0.15, -0.1) is 11.8 Å². The van der Waals surface area contributed by atoms with Crippen molar-refractivity contribution in [1.29, 1.82) is 0 Å². The number of anilines is 1. The second-order valence-electron chi connectivity index (χ2n) is 8.20. The van der Waals surface area contributed by atoms with Crippen LogP contribution in [0.25, 0.3) is 0 Å². The fourth-order valence-electron chi connectivity index (χ4n) is 3.72. The molecule has 0 aliphatic carbocycles. The molecule has 4 rings (SSSR count). The average molecular weight is 497 g/mol. The van der Waals surface area contributed by atoms with Gasteiger partial charge < -0.3 is 5.32 Å². The van der Waals surface area contributed by atoms with Gasteiger partial charge in [0.05, 0.1) is 16.5 Å². The molecule has 7 nitrogen and oxygen atoms in total. The molecule has 34 heavy (non-hydrogen) atoms. The van der Waals surface area contributed by atoms with Crippen molar-refractivity contribution in [2.75, 3.05) is 38.0 Å². The molecule has 3 aromatic rings. The first kappa shape index (κ1) is 24.4. The Morgan fingerprint density at radius 3 is 2.47 bits per heavy atom. The van der Waals surface area contributed by atoms with Crippen LogP contribution in [0.5, 0.6) is 0 Å².